The molecule has 1 aliphatic heterocycles. The second kappa shape index (κ2) is 6.93. The monoisotopic (exact) mass is 378 g/mol. The topological polar surface area (TPSA) is 33.5 Å². The minimum atomic E-state index is 0.587. The van der Waals surface area contributed by atoms with Crippen molar-refractivity contribution in [3.05, 3.63) is 35.3 Å². The van der Waals surface area contributed by atoms with Crippen molar-refractivity contribution in [3.8, 4) is 11.4 Å². The summed E-state index contributed by atoms with van der Waals surface area (Å²) in [6, 6.07) is 6.95. The maximum Gasteiger partial charge on any atom is 0.144 e. The van der Waals surface area contributed by atoms with Gasteiger partial charge in [0, 0.05) is 31.0 Å². The van der Waals surface area contributed by atoms with Crippen molar-refractivity contribution < 1.29 is 4.74 Å². The molecule has 1 fully saturated rings. The fourth-order valence-electron chi connectivity index (χ4n) is 3.12. The maximum absolute atomic E-state index is 5.61. The first-order valence-corrected chi connectivity index (χ1v) is 8.67. The molecule has 1 aromatic heterocycles. The number of hydrogen-bond donors (Lipinski definition) is 0. The second-order valence-corrected chi connectivity index (χ2v) is 6.92. The first-order chi connectivity index (χ1) is 11.1. The molecule has 1 saturated heterocycles. The number of benzene rings is 1. The third-order valence-corrected chi connectivity index (χ3v) is 5.05. The number of anilines is 1. The summed E-state index contributed by atoms with van der Waals surface area (Å²) in [5.41, 5.74) is 2.19. The predicted molar refractivity (Wildman–Crippen MR) is 96.7 cm³/mol. The lowest BCUT2D eigenvalue weighted by Crippen LogP contribution is -2.41. The minimum Gasteiger partial charge on any atom is -0.494 e. The van der Waals surface area contributed by atoms with Gasteiger partial charge in [-0.15, -0.1) is 0 Å². The highest BCUT2D eigenvalue weighted by Gasteiger charge is 2.21. The quantitative estimate of drug-likeness (QED) is 0.817. The summed E-state index contributed by atoms with van der Waals surface area (Å²) in [5.74, 6) is 0.854. The summed E-state index contributed by atoms with van der Waals surface area (Å²) in [7, 11) is 6.08. The highest BCUT2D eigenvalue weighted by Crippen LogP contribution is 2.30. The number of aromatic nitrogens is 2. The number of hydrogen-bond acceptors (Lipinski definition) is 4. The zero-order chi connectivity index (χ0) is 16.4. The van der Waals surface area contributed by atoms with E-state index in [1.807, 2.05) is 10.8 Å². The van der Waals surface area contributed by atoms with Crippen LogP contribution in [0.25, 0.3) is 5.69 Å². The predicted octanol–water partition coefficient (Wildman–Crippen LogP) is 3.17. The Morgan fingerprint density at radius 3 is 2.65 bits per heavy atom. The lowest BCUT2D eigenvalue weighted by Gasteiger charge is -2.36. The number of halogens is 1. The summed E-state index contributed by atoms with van der Waals surface area (Å²) in [6.07, 6.45) is 6.11. The molecule has 0 amide bonds. The smallest absolute Gasteiger partial charge is 0.144 e. The molecule has 0 saturated carbocycles. The van der Waals surface area contributed by atoms with Crippen LogP contribution in [0.2, 0.25) is 0 Å². The summed E-state index contributed by atoms with van der Waals surface area (Å²) >= 11 is 3.39. The number of nitrogens with zero attached hydrogens (tertiary/aromatic N) is 4. The molecule has 0 atom stereocenters. The van der Waals surface area contributed by atoms with E-state index >= 15 is 0 Å². The Bertz CT molecular complexity index is 664. The molecule has 0 radical (unpaired) electrons. The van der Waals surface area contributed by atoms with Crippen molar-refractivity contribution in [2.45, 2.75) is 18.9 Å². The Balaban J connectivity index is 1.84. The third kappa shape index (κ3) is 3.53. The molecule has 6 heteroatoms. The molecule has 0 aliphatic carbocycles. The van der Waals surface area contributed by atoms with Gasteiger partial charge < -0.3 is 19.1 Å². The van der Waals surface area contributed by atoms with Gasteiger partial charge in [-0.05, 0) is 61.0 Å². The number of rotatable bonds is 4. The van der Waals surface area contributed by atoms with Crippen LogP contribution in [0.4, 0.5) is 5.69 Å². The van der Waals surface area contributed by atoms with Gasteiger partial charge in [0.2, 0.25) is 0 Å². The van der Waals surface area contributed by atoms with Gasteiger partial charge in [0.05, 0.1) is 12.8 Å². The molecule has 1 aromatic carbocycles. The van der Waals surface area contributed by atoms with Crippen LogP contribution >= 0.6 is 15.9 Å². The van der Waals surface area contributed by atoms with E-state index in [-0.39, 0.29) is 0 Å². The third-order valence-electron chi connectivity index (χ3n) is 4.64. The minimum absolute atomic E-state index is 0.587. The molecule has 0 unspecified atom stereocenters. The van der Waals surface area contributed by atoms with Crippen LogP contribution in [0.1, 0.15) is 12.8 Å². The highest BCUT2D eigenvalue weighted by atomic mass is 79.9. The number of methoxy groups -OCH3 is 1. The Morgan fingerprint density at radius 2 is 2.04 bits per heavy atom. The van der Waals surface area contributed by atoms with Crippen LogP contribution in [0, 0.1) is 0 Å². The lowest BCUT2D eigenvalue weighted by molar-refractivity contribution is 0.253. The molecular formula is C17H23BrN4O. The zero-order valence-electron chi connectivity index (χ0n) is 13.9. The van der Waals surface area contributed by atoms with Crippen LogP contribution in [-0.2, 0) is 0 Å². The van der Waals surface area contributed by atoms with Crippen LogP contribution in [0.3, 0.4) is 0 Å². The molecule has 0 N–H and O–H groups in total. The Labute approximate surface area is 146 Å². The standard InChI is InChI=1S/C17H23BrN4O/c1-20-8-6-13(7-9-20)21(2)14-4-5-15(16(10-14)23-3)22-11-17(18)19-12-22/h4-5,10-13H,6-9H2,1-3H3. The molecule has 3 rings (SSSR count). The lowest BCUT2D eigenvalue weighted by atomic mass is 10.0. The summed E-state index contributed by atoms with van der Waals surface area (Å²) in [5, 5.41) is 0. The van der Waals surface area contributed by atoms with Crippen molar-refractivity contribution in [1.29, 1.82) is 0 Å². The van der Waals surface area contributed by atoms with Crippen molar-refractivity contribution in [3.63, 3.8) is 0 Å². The van der Waals surface area contributed by atoms with Crippen LogP contribution in [0.5, 0.6) is 5.75 Å². The van der Waals surface area contributed by atoms with E-state index in [9.17, 15) is 0 Å². The van der Waals surface area contributed by atoms with Gasteiger partial charge >= 0.3 is 0 Å². The van der Waals surface area contributed by atoms with E-state index in [1.54, 1.807) is 13.4 Å². The van der Waals surface area contributed by atoms with E-state index in [0.29, 0.717) is 6.04 Å². The molecule has 0 spiro atoms. The zero-order valence-corrected chi connectivity index (χ0v) is 15.5. The van der Waals surface area contributed by atoms with Gasteiger partial charge in [-0.2, -0.15) is 0 Å². The van der Waals surface area contributed by atoms with Crippen LogP contribution in [-0.4, -0.2) is 54.8 Å². The first-order valence-electron chi connectivity index (χ1n) is 7.88. The van der Waals surface area contributed by atoms with Gasteiger partial charge in [0.25, 0.3) is 0 Å². The van der Waals surface area contributed by atoms with E-state index < -0.39 is 0 Å². The molecule has 5 nitrogen and oxygen atoms in total. The van der Waals surface area contributed by atoms with E-state index in [1.165, 1.54) is 18.5 Å². The summed E-state index contributed by atoms with van der Waals surface area (Å²) in [6.45, 7) is 2.32. The molecule has 0 bridgehead atoms. The van der Waals surface area contributed by atoms with Crippen molar-refractivity contribution in [1.82, 2.24) is 14.5 Å². The molecule has 2 aromatic rings. The van der Waals surface area contributed by atoms with Crippen LogP contribution in [0.15, 0.2) is 35.3 Å². The van der Waals surface area contributed by atoms with Gasteiger partial charge in [-0.1, -0.05) is 0 Å². The SMILES string of the molecule is COc1cc(N(C)C2CCN(C)CC2)ccc1-n1cnc(Br)c1. The van der Waals surface area contributed by atoms with Crippen molar-refractivity contribution in [2.24, 2.45) is 0 Å². The average Bonchev–Trinajstić information content (AvgIpc) is 3.00. The second-order valence-electron chi connectivity index (χ2n) is 6.11. The summed E-state index contributed by atoms with van der Waals surface area (Å²) in [4.78, 5) is 8.99. The van der Waals surface area contributed by atoms with Crippen LogP contribution < -0.4 is 9.64 Å². The number of ether oxygens (including phenoxy) is 1. The number of imidazole rings is 1. The molecule has 23 heavy (non-hydrogen) atoms. The Hall–Kier alpha value is -1.53. The highest BCUT2D eigenvalue weighted by molar-refractivity contribution is 9.10. The molecular weight excluding hydrogens is 356 g/mol. The van der Waals surface area contributed by atoms with Crippen molar-refractivity contribution in [2.75, 3.05) is 39.2 Å². The first kappa shape index (κ1) is 16.3. The Kier molecular flexibility index (Phi) is 4.92. The van der Waals surface area contributed by atoms with Gasteiger partial charge in [-0.3, -0.25) is 0 Å². The molecule has 124 valence electrons. The fraction of sp³-hybridized carbons (Fsp3) is 0.471. The van der Waals surface area contributed by atoms with E-state index in [2.05, 4.69) is 63.0 Å². The summed E-state index contributed by atoms with van der Waals surface area (Å²) < 4.78 is 8.38. The van der Waals surface area contributed by atoms with Gasteiger partial charge in [0.1, 0.15) is 16.7 Å². The normalized spacial score (nSPS) is 16.5. The van der Waals surface area contributed by atoms with Gasteiger partial charge in [-0.25, -0.2) is 4.98 Å². The van der Waals surface area contributed by atoms with Gasteiger partial charge in [0.15, 0.2) is 0 Å². The fourth-order valence-corrected chi connectivity index (χ4v) is 3.43. The largest absolute Gasteiger partial charge is 0.494 e. The molecule has 2 heterocycles. The number of likely N-dealkylation sites (tertiary alicyclic amines) is 1. The maximum atomic E-state index is 5.61. The Morgan fingerprint density at radius 1 is 1.30 bits per heavy atom. The van der Waals surface area contributed by atoms with E-state index in [0.717, 1.165) is 29.1 Å². The van der Waals surface area contributed by atoms with Crippen molar-refractivity contribution >= 4 is 21.6 Å². The average molecular weight is 379 g/mol. The molecule has 1 aliphatic rings. The number of piperidine rings is 1. The van der Waals surface area contributed by atoms with E-state index in [4.69, 9.17) is 4.74 Å².